The first-order valence-corrected chi connectivity index (χ1v) is 6.77. The van der Waals surface area contributed by atoms with Gasteiger partial charge in [-0.1, -0.05) is 6.07 Å². The summed E-state index contributed by atoms with van der Waals surface area (Å²) < 4.78 is 2.31. The Morgan fingerprint density at radius 2 is 2.41 bits per heavy atom. The zero-order valence-electron chi connectivity index (χ0n) is 9.52. The number of thiophene rings is 1. The molecule has 0 radical (unpaired) electrons. The Hall–Kier alpha value is -1.60. The van der Waals surface area contributed by atoms with Crippen molar-refractivity contribution in [3.05, 3.63) is 28.9 Å². The van der Waals surface area contributed by atoms with E-state index in [2.05, 4.69) is 33.1 Å². The van der Waals surface area contributed by atoms with E-state index in [0.29, 0.717) is 6.42 Å². The van der Waals surface area contributed by atoms with E-state index >= 15 is 0 Å². The van der Waals surface area contributed by atoms with Crippen LogP contribution in [0.4, 0.5) is 0 Å². The van der Waals surface area contributed by atoms with Gasteiger partial charge in [0.1, 0.15) is 0 Å². The minimum Gasteiger partial charge on any atom is -0.327 e. The van der Waals surface area contributed by atoms with E-state index in [1.54, 1.807) is 11.3 Å². The largest absolute Gasteiger partial charge is 0.327 e. The number of hydrogen-bond acceptors (Lipinski definition) is 3. The van der Waals surface area contributed by atoms with Gasteiger partial charge in [-0.15, -0.1) is 11.3 Å². The lowest BCUT2D eigenvalue weighted by atomic mass is 10.1. The third-order valence-corrected chi connectivity index (χ3v) is 4.05. The Morgan fingerprint density at radius 3 is 3.18 bits per heavy atom. The molecule has 1 aliphatic heterocycles. The van der Waals surface area contributed by atoms with E-state index in [0.717, 1.165) is 24.5 Å². The summed E-state index contributed by atoms with van der Waals surface area (Å²) in [6, 6.07) is 6.37. The molecule has 0 saturated carbocycles. The van der Waals surface area contributed by atoms with Gasteiger partial charge in [-0.3, -0.25) is 0 Å². The van der Waals surface area contributed by atoms with Crippen LogP contribution in [0.25, 0.3) is 10.7 Å². The summed E-state index contributed by atoms with van der Waals surface area (Å²) in [5.74, 6) is 1.06. The monoisotopic (exact) mass is 243 g/mol. The molecule has 2 aromatic heterocycles. The Bertz CT molecular complexity index is 560. The average molecular weight is 243 g/mol. The van der Waals surface area contributed by atoms with Gasteiger partial charge in [-0.2, -0.15) is 5.26 Å². The van der Waals surface area contributed by atoms with Crippen molar-refractivity contribution >= 4 is 11.3 Å². The standard InChI is InChI=1S/C13H13N3S/c14-7-6-10-11-4-1-2-8-16(11)13(15-10)12-5-3-9-17-12/h3,5,9H,1-2,4,6,8H2. The highest BCUT2D eigenvalue weighted by atomic mass is 32.1. The zero-order valence-corrected chi connectivity index (χ0v) is 10.3. The molecule has 0 amide bonds. The van der Waals surface area contributed by atoms with E-state index < -0.39 is 0 Å². The lowest BCUT2D eigenvalue weighted by Crippen LogP contribution is -2.11. The van der Waals surface area contributed by atoms with E-state index in [1.165, 1.54) is 23.4 Å². The number of fused-ring (bicyclic) bond motifs is 1. The van der Waals surface area contributed by atoms with Crippen molar-refractivity contribution < 1.29 is 0 Å². The molecule has 2 aromatic rings. The van der Waals surface area contributed by atoms with Gasteiger partial charge in [-0.05, 0) is 30.7 Å². The van der Waals surface area contributed by atoms with E-state index in [1.807, 2.05) is 0 Å². The van der Waals surface area contributed by atoms with Crippen molar-refractivity contribution in [1.82, 2.24) is 9.55 Å². The molecular formula is C13H13N3S. The Balaban J connectivity index is 2.13. The van der Waals surface area contributed by atoms with Gasteiger partial charge in [0.05, 0.1) is 23.1 Å². The quantitative estimate of drug-likeness (QED) is 0.813. The maximum Gasteiger partial charge on any atom is 0.150 e. The van der Waals surface area contributed by atoms with Crippen LogP contribution in [0.15, 0.2) is 17.5 Å². The first-order chi connectivity index (χ1) is 8.40. The van der Waals surface area contributed by atoms with Gasteiger partial charge < -0.3 is 4.57 Å². The molecule has 3 heterocycles. The van der Waals surface area contributed by atoms with Crippen molar-refractivity contribution in [3.63, 3.8) is 0 Å². The number of aromatic nitrogens is 2. The van der Waals surface area contributed by atoms with E-state index in [4.69, 9.17) is 5.26 Å². The molecule has 0 atom stereocenters. The van der Waals surface area contributed by atoms with E-state index in [9.17, 15) is 0 Å². The molecule has 0 aromatic carbocycles. The minimum atomic E-state index is 0.431. The van der Waals surface area contributed by atoms with Gasteiger partial charge in [0.15, 0.2) is 5.82 Å². The Labute approximate surface area is 104 Å². The molecule has 0 spiro atoms. The summed E-state index contributed by atoms with van der Waals surface area (Å²) in [5, 5.41) is 10.9. The fourth-order valence-electron chi connectivity index (χ4n) is 2.43. The third kappa shape index (κ3) is 1.77. The number of rotatable bonds is 2. The van der Waals surface area contributed by atoms with Gasteiger partial charge >= 0.3 is 0 Å². The average Bonchev–Trinajstić information content (AvgIpc) is 2.97. The molecule has 0 bridgehead atoms. The molecule has 3 rings (SSSR count). The lowest BCUT2D eigenvalue weighted by molar-refractivity contribution is 0.534. The second-order valence-electron chi connectivity index (χ2n) is 4.25. The summed E-state index contributed by atoms with van der Waals surface area (Å²) in [6.45, 7) is 1.04. The number of imidazole rings is 1. The summed E-state index contributed by atoms with van der Waals surface area (Å²) in [5.41, 5.74) is 2.26. The first-order valence-electron chi connectivity index (χ1n) is 5.89. The summed E-state index contributed by atoms with van der Waals surface area (Å²) in [6.07, 6.45) is 3.93. The van der Waals surface area contributed by atoms with Crippen molar-refractivity contribution in [1.29, 1.82) is 5.26 Å². The molecular weight excluding hydrogens is 230 g/mol. The van der Waals surface area contributed by atoms with Crippen LogP contribution in [-0.4, -0.2) is 9.55 Å². The molecule has 3 nitrogen and oxygen atoms in total. The summed E-state index contributed by atoms with van der Waals surface area (Å²) >= 11 is 1.71. The third-order valence-electron chi connectivity index (χ3n) is 3.19. The molecule has 86 valence electrons. The molecule has 0 aliphatic carbocycles. The topological polar surface area (TPSA) is 41.6 Å². The highest BCUT2D eigenvalue weighted by Crippen LogP contribution is 2.30. The molecule has 17 heavy (non-hydrogen) atoms. The molecule has 4 heteroatoms. The highest BCUT2D eigenvalue weighted by Gasteiger charge is 2.20. The fourth-order valence-corrected chi connectivity index (χ4v) is 3.15. The van der Waals surface area contributed by atoms with Crippen LogP contribution in [-0.2, 0) is 19.4 Å². The number of nitriles is 1. The van der Waals surface area contributed by atoms with Crippen LogP contribution in [0.5, 0.6) is 0 Å². The van der Waals surface area contributed by atoms with Crippen molar-refractivity contribution in [3.8, 4) is 16.8 Å². The number of hydrogen-bond donors (Lipinski definition) is 0. The second kappa shape index (κ2) is 4.34. The maximum atomic E-state index is 8.86. The van der Waals surface area contributed by atoms with Crippen LogP contribution in [0.3, 0.4) is 0 Å². The SMILES string of the molecule is N#CCc1nc(-c2cccs2)n2c1CCCC2. The fraction of sp³-hybridized carbons (Fsp3) is 0.385. The predicted octanol–water partition coefficient (Wildman–Crippen LogP) is 3.01. The van der Waals surface area contributed by atoms with Crippen LogP contribution in [0, 0.1) is 11.3 Å². The van der Waals surface area contributed by atoms with Gasteiger partial charge in [0.2, 0.25) is 0 Å². The van der Waals surface area contributed by atoms with Crippen molar-refractivity contribution in [2.24, 2.45) is 0 Å². The van der Waals surface area contributed by atoms with Crippen LogP contribution >= 0.6 is 11.3 Å². The Kier molecular flexibility index (Phi) is 2.69. The highest BCUT2D eigenvalue weighted by molar-refractivity contribution is 7.13. The number of nitrogens with zero attached hydrogens (tertiary/aromatic N) is 3. The maximum absolute atomic E-state index is 8.86. The van der Waals surface area contributed by atoms with E-state index in [-0.39, 0.29) is 0 Å². The molecule has 0 unspecified atom stereocenters. The normalized spacial score (nSPS) is 14.3. The van der Waals surface area contributed by atoms with Crippen molar-refractivity contribution in [2.75, 3.05) is 0 Å². The second-order valence-corrected chi connectivity index (χ2v) is 5.20. The first kappa shape index (κ1) is 10.5. The zero-order chi connectivity index (χ0) is 11.7. The summed E-state index contributed by atoms with van der Waals surface area (Å²) in [4.78, 5) is 5.88. The predicted molar refractivity (Wildman–Crippen MR) is 67.8 cm³/mol. The molecule has 0 saturated heterocycles. The molecule has 1 aliphatic rings. The molecule has 0 fully saturated rings. The Morgan fingerprint density at radius 1 is 1.47 bits per heavy atom. The van der Waals surface area contributed by atoms with Crippen LogP contribution in [0.1, 0.15) is 24.2 Å². The lowest BCUT2D eigenvalue weighted by Gasteiger charge is -2.16. The van der Waals surface area contributed by atoms with Crippen LogP contribution < -0.4 is 0 Å². The van der Waals surface area contributed by atoms with Crippen LogP contribution in [0.2, 0.25) is 0 Å². The molecule has 0 N–H and O–H groups in total. The van der Waals surface area contributed by atoms with Gasteiger partial charge in [0.25, 0.3) is 0 Å². The smallest absolute Gasteiger partial charge is 0.150 e. The van der Waals surface area contributed by atoms with Gasteiger partial charge in [-0.25, -0.2) is 4.98 Å². The summed E-state index contributed by atoms with van der Waals surface area (Å²) in [7, 11) is 0. The minimum absolute atomic E-state index is 0.431. The van der Waals surface area contributed by atoms with Crippen molar-refractivity contribution in [2.45, 2.75) is 32.2 Å². The van der Waals surface area contributed by atoms with Gasteiger partial charge in [0, 0.05) is 12.2 Å².